The maximum absolute atomic E-state index is 13.0. The number of aromatic nitrogens is 2. The van der Waals surface area contributed by atoms with Crippen LogP contribution in [0, 0.1) is 6.92 Å². The SMILES string of the molecule is CC1=NN(C(=O)[C@@H](C)n2ccc(C)n2)[C@@](O)(C(F)F)C1. The third kappa shape index (κ3) is 2.31. The molecule has 1 aromatic rings. The second-order valence-electron chi connectivity index (χ2n) is 4.95. The van der Waals surface area contributed by atoms with E-state index >= 15 is 0 Å². The van der Waals surface area contributed by atoms with Gasteiger partial charge in [-0.2, -0.15) is 15.2 Å². The van der Waals surface area contributed by atoms with E-state index in [-0.39, 0.29) is 12.1 Å². The fraction of sp³-hybridized carbons (Fsp3) is 0.583. The maximum atomic E-state index is 13.0. The summed E-state index contributed by atoms with van der Waals surface area (Å²) < 4.78 is 27.4. The van der Waals surface area contributed by atoms with Crippen LogP contribution in [0.15, 0.2) is 17.4 Å². The first-order valence-corrected chi connectivity index (χ1v) is 6.16. The summed E-state index contributed by atoms with van der Waals surface area (Å²) in [5.74, 6) is -0.729. The van der Waals surface area contributed by atoms with E-state index in [0.717, 1.165) is 0 Å². The zero-order valence-corrected chi connectivity index (χ0v) is 11.4. The van der Waals surface area contributed by atoms with Crippen molar-refractivity contribution in [1.82, 2.24) is 14.8 Å². The number of aliphatic hydroxyl groups is 1. The molecule has 8 heteroatoms. The zero-order chi connectivity index (χ0) is 15.1. The highest BCUT2D eigenvalue weighted by Gasteiger charge is 2.51. The lowest BCUT2D eigenvalue weighted by Crippen LogP contribution is -2.53. The molecule has 6 nitrogen and oxygen atoms in total. The number of aryl methyl sites for hydroxylation is 1. The van der Waals surface area contributed by atoms with Gasteiger partial charge in [0.1, 0.15) is 6.04 Å². The van der Waals surface area contributed by atoms with Crippen LogP contribution in [0.2, 0.25) is 0 Å². The van der Waals surface area contributed by atoms with Crippen molar-refractivity contribution in [1.29, 1.82) is 0 Å². The first-order chi connectivity index (χ1) is 9.25. The van der Waals surface area contributed by atoms with Crippen molar-refractivity contribution in [3.63, 3.8) is 0 Å². The van der Waals surface area contributed by atoms with Gasteiger partial charge in [-0.25, -0.2) is 8.78 Å². The Labute approximate surface area is 114 Å². The second kappa shape index (κ2) is 4.93. The summed E-state index contributed by atoms with van der Waals surface area (Å²) in [4.78, 5) is 12.3. The van der Waals surface area contributed by atoms with Crippen molar-refractivity contribution < 1.29 is 18.7 Å². The molecular weight excluding hydrogens is 270 g/mol. The normalized spacial score (nSPS) is 24.1. The second-order valence-corrected chi connectivity index (χ2v) is 4.95. The van der Waals surface area contributed by atoms with Gasteiger partial charge in [0.2, 0.25) is 5.72 Å². The minimum absolute atomic E-state index is 0.282. The number of amides is 1. The van der Waals surface area contributed by atoms with Crippen LogP contribution in [0.25, 0.3) is 0 Å². The standard InChI is InChI=1S/C12H16F2N4O2/c1-7-4-5-17(15-7)9(3)10(19)18-12(20,11(13)14)6-8(2)16-18/h4-5,9,11,20H,6H2,1-3H3/t9-,12+/m1/s1. The Kier molecular flexibility index (Phi) is 3.59. The van der Waals surface area contributed by atoms with Gasteiger partial charge in [0.05, 0.1) is 5.69 Å². The third-order valence-electron chi connectivity index (χ3n) is 3.21. The first-order valence-electron chi connectivity index (χ1n) is 6.16. The van der Waals surface area contributed by atoms with Crippen LogP contribution in [0.4, 0.5) is 8.78 Å². The van der Waals surface area contributed by atoms with E-state index in [0.29, 0.717) is 10.7 Å². The van der Waals surface area contributed by atoms with Gasteiger partial charge in [-0.3, -0.25) is 9.48 Å². The summed E-state index contributed by atoms with van der Waals surface area (Å²) in [7, 11) is 0. The molecule has 0 fully saturated rings. The summed E-state index contributed by atoms with van der Waals surface area (Å²) in [6.07, 6.45) is -1.88. The molecule has 2 heterocycles. The highest BCUT2D eigenvalue weighted by molar-refractivity contribution is 5.90. The molecular formula is C12H16F2N4O2. The summed E-state index contributed by atoms with van der Waals surface area (Å²) >= 11 is 0. The number of hydrogen-bond donors (Lipinski definition) is 1. The molecule has 0 aromatic carbocycles. The van der Waals surface area contributed by atoms with Crippen molar-refractivity contribution in [2.45, 2.75) is 45.4 Å². The van der Waals surface area contributed by atoms with Gasteiger partial charge in [0.15, 0.2) is 0 Å². The molecule has 1 aliphatic rings. The zero-order valence-electron chi connectivity index (χ0n) is 11.4. The number of halogens is 2. The average Bonchev–Trinajstić information content (AvgIpc) is 2.92. The summed E-state index contributed by atoms with van der Waals surface area (Å²) in [6, 6.07) is 0.866. The Morgan fingerprint density at radius 1 is 1.50 bits per heavy atom. The predicted octanol–water partition coefficient (Wildman–Crippen LogP) is 1.31. The Bertz CT molecular complexity index is 557. The predicted molar refractivity (Wildman–Crippen MR) is 67.2 cm³/mol. The lowest BCUT2D eigenvalue weighted by atomic mass is 10.1. The molecule has 110 valence electrons. The quantitative estimate of drug-likeness (QED) is 0.910. The third-order valence-corrected chi connectivity index (χ3v) is 3.21. The molecule has 0 saturated heterocycles. The van der Waals surface area contributed by atoms with Gasteiger partial charge in [-0.15, -0.1) is 0 Å². The Morgan fingerprint density at radius 2 is 2.15 bits per heavy atom. The Hall–Kier alpha value is -1.83. The van der Waals surface area contributed by atoms with Crippen LogP contribution in [-0.4, -0.2) is 43.7 Å². The van der Waals surface area contributed by atoms with Crippen LogP contribution in [0.3, 0.4) is 0 Å². The minimum Gasteiger partial charge on any atom is -0.364 e. The molecule has 2 atom stereocenters. The molecule has 20 heavy (non-hydrogen) atoms. The number of alkyl halides is 2. The van der Waals surface area contributed by atoms with Gasteiger partial charge in [-0.1, -0.05) is 0 Å². The molecule has 1 amide bonds. The highest BCUT2D eigenvalue weighted by Crippen LogP contribution is 2.33. The van der Waals surface area contributed by atoms with E-state index in [2.05, 4.69) is 10.2 Å². The van der Waals surface area contributed by atoms with E-state index in [1.807, 2.05) is 0 Å². The number of carbonyl (C=O) groups is 1. The van der Waals surface area contributed by atoms with E-state index in [9.17, 15) is 18.7 Å². The van der Waals surface area contributed by atoms with Crippen LogP contribution in [-0.2, 0) is 4.79 Å². The lowest BCUT2D eigenvalue weighted by Gasteiger charge is -2.31. The molecule has 2 rings (SSSR count). The van der Waals surface area contributed by atoms with Crippen LogP contribution in [0.5, 0.6) is 0 Å². The molecule has 1 aromatic heterocycles. The fourth-order valence-corrected chi connectivity index (χ4v) is 2.09. The molecule has 1 N–H and O–H groups in total. The van der Waals surface area contributed by atoms with Crippen LogP contribution >= 0.6 is 0 Å². The van der Waals surface area contributed by atoms with E-state index < -0.39 is 24.1 Å². The number of nitrogens with zero attached hydrogens (tertiary/aromatic N) is 4. The summed E-state index contributed by atoms with van der Waals surface area (Å²) in [5, 5.41) is 18.3. The van der Waals surface area contributed by atoms with Crippen molar-refractivity contribution >= 4 is 11.6 Å². The van der Waals surface area contributed by atoms with Crippen molar-refractivity contribution in [3.05, 3.63) is 18.0 Å². The highest BCUT2D eigenvalue weighted by atomic mass is 19.3. The number of carbonyl (C=O) groups excluding carboxylic acids is 1. The molecule has 0 bridgehead atoms. The van der Waals surface area contributed by atoms with Gasteiger partial charge >= 0.3 is 0 Å². The van der Waals surface area contributed by atoms with Crippen LogP contribution < -0.4 is 0 Å². The van der Waals surface area contributed by atoms with Crippen LogP contribution in [0.1, 0.15) is 32.0 Å². The lowest BCUT2D eigenvalue weighted by molar-refractivity contribution is -0.194. The molecule has 0 spiro atoms. The van der Waals surface area contributed by atoms with Gasteiger partial charge < -0.3 is 5.11 Å². The van der Waals surface area contributed by atoms with E-state index in [1.165, 1.54) is 18.5 Å². The first kappa shape index (κ1) is 14.6. The topological polar surface area (TPSA) is 70.7 Å². The monoisotopic (exact) mass is 286 g/mol. The van der Waals surface area contributed by atoms with Gasteiger partial charge in [-0.05, 0) is 26.8 Å². The van der Waals surface area contributed by atoms with E-state index in [4.69, 9.17) is 0 Å². The smallest absolute Gasteiger partial charge is 0.287 e. The van der Waals surface area contributed by atoms with Crippen molar-refractivity contribution in [3.8, 4) is 0 Å². The Balaban J connectivity index is 2.27. The number of rotatable bonds is 3. The van der Waals surface area contributed by atoms with Gasteiger partial charge in [0, 0.05) is 18.3 Å². The largest absolute Gasteiger partial charge is 0.364 e. The van der Waals surface area contributed by atoms with Crippen molar-refractivity contribution in [2.24, 2.45) is 5.10 Å². The Morgan fingerprint density at radius 3 is 2.65 bits per heavy atom. The number of hydrazone groups is 1. The summed E-state index contributed by atoms with van der Waals surface area (Å²) in [6.45, 7) is 4.76. The van der Waals surface area contributed by atoms with Crippen molar-refractivity contribution in [2.75, 3.05) is 0 Å². The summed E-state index contributed by atoms with van der Waals surface area (Å²) in [5.41, 5.74) is -1.59. The molecule has 1 aliphatic heterocycles. The molecule has 0 aliphatic carbocycles. The van der Waals surface area contributed by atoms with E-state index in [1.54, 1.807) is 19.2 Å². The molecule has 0 radical (unpaired) electrons. The fourth-order valence-electron chi connectivity index (χ4n) is 2.09. The molecule has 0 unspecified atom stereocenters. The van der Waals surface area contributed by atoms with Gasteiger partial charge in [0.25, 0.3) is 12.3 Å². The maximum Gasteiger partial charge on any atom is 0.287 e. The average molecular weight is 286 g/mol. The minimum atomic E-state index is -3.10. The molecule has 0 saturated carbocycles. The number of hydrogen-bond acceptors (Lipinski definition) is 4.